The summed E-state index contributed by atoms with van der Waals surface area (Å²) in [5.74, 6) is -0.659. The molecule has 1 N–H and O–H groups in total. The van der Waals surface area contributed by atoms with Crippen LogP contribution in [-0.4, -0.2) is 25.7 Å². The third kappa shape index (κ3) is 3.99. The van der Waals surface area contributed by atoms with E-state index in [1.165, 1.54) is 24.3 Å². The highest BCUT2D eigenvalue weighted by molar-refractivity contribution is 7.90. The van der Waals surface area contributed by atoms with E-state index in [9.17, 15) is 22.7 Å². The Kier molecular flexibility index (Phi) is 5.12. The largest absolute Gasteiger partial charge is 0.481 e. The van der Waals surface area contributed by atoms with Crippen LogP contribution in [0.15, 0.2) is 47.4 Å². The Hall–Kier alpha value is -2.93. The second-order valence-corrected chi connectivity index (χ2v) is 8.74. The number of hydrogen-bond acceptors (Lipinski definition) is 4. The fraction of sp³-hybridized carbons (Fsp3) is 0.190. The molecule has 146 valence electrons. The molecule has 5 nitrogen and oxygen atoms in total. The average Bonchev–Trinajstić information content (AvgIpc) is 2.59. The first-order chi connectivity index (χ1) is 13.1. The molecule has 28 heavy (non-hydrogen) atoms. The number of fused-ring (bicyclic) bond motifs is 1. The van der Waals surface area contributed by atoms with Crippen molar-refractivity contribution >= 4 is 26.6 Å². The number of carboxylic acid groups (broad SMARTS) is 1. The highest BCUT2D eigenvalue weighted by Gasteiger charge is 2.17. The molecule has 0 fully saturated rings. The fourth-order valence-electron chi connectivity index (χ4n) is 3.05. The molecule has 0 aromatic heterocycles. The number of halogens is 1. The Morgan fingerprint density at radius 2 is 1.82 bits per heavy atom. The summed E-state index contributed by atoms with van der Waals surface area (Å²) in [7, 11) is -3.35. The summed E-state index contributed by atoms with van der Waals surface area (Å²) in [4.78, 5) is 11.4. The number of sulfone groups is 1. The topological polar surface area (TPSA) is 80.7 Å². The van der Waals surface area contributed by atoms with Crippen LogP contribution in [0.25, 0.3) is 10.8 Å². The molecule has 3 aromatic rings. The van der Waals surface area contributed by atoms with Crippen molar-refractivity contribution in [1.82, 2.24) is 0 Å². The number of aliphatic carboxylic acids is 1. The van der Waals surface area contributed by atoms with Crippen molar-refractivity contribution in [2.24, 2.45) is 0 Å². The van der Waals surface area contributed by atoms with Gasteiger partial charge in [0.05, 0.1) is 11.3 Å². The van der Waals surface area contributed by atoms with Crippen LogP contribution in [0.4, 0.5) is 4.39 Å². The minimum atomic E-state index is -3.35. The van der Waals surface area contributed by atoms with Crippen LogP contribution in [0.1, 0.15) is 16.7 Å². The maximum atomic E-state index is 13.8. The maximum absolute atomic E-state index is 13.8. The van der Waals surface area contributed by atoms with Crippen LogP contribution in [0.3, 0.4) is 0 Å². The van der Waals surface area contributed by atoms with E-state index in [0.29, 0.717) is 39.0 Å². The summed E-state index contributed by atoms with van der Waals surface area (Å²) in [6.07, 6.45) is 0.930. The van der Waals surface area contributed by atoms with Gasteiger partial charge >= 0.3 is 5.97 Å². The lowest BCUT2D eigenvalue weighted by atomic mass is 9.98. The van der Waals surface area contributed by atoms with Gasteiger partial charge in [0.2, 0.25) is 0 Å². The van der Waals surface area contributed by atoms with Gasteiger partial charge < -0.3 is 9.84 Å². The van der Waals surface area contributed by atoms with Crippen molar-refractivity contribution in [3.8, 4) is 11.5 Å². The zero-order chi connectivity index (χ0) is 20.6. The van der Waals surface area contributed by atoms with Crippen LogP contribution in [0.2, 0.25) is 0 Å². The van der Waals surface area contributed by atoms with E-state index in [0.717, 1.165) is 6.26 Å². The van der Waals surface area contributed by atoms with Crippen LogP contribution in [-0.2, 0) is 21.1 Å². The minimum Gasteiger partial charge on any atom is -0.481 e. The molecule has 0 amide bonds. The molecule has 0 spiro atoms. The van der Waals surface area contributed by atoms with Gasteiger partial charge in [-0.3, -0.25) is 4.79 Å². The number of hydrogen-bond donors (Lipinski definition) is 1. The maximum Gasteiger partial charge on any atom is 0.307 e. The molecule has 0 radical (unpaired) electrons. The normalized spacial score (nSPS) is 11.6. The summed E-state index contributed by atoms with van der Waals surface area (Å²) in [6.45, 7) is 3.43. The van der Waals surface area contributed by atoms with Crippen molar-refractivity contribution in [3.05, 3.63) is 65.0 Å². The lowest BCUT2D eigenvalue weighted by molar-refractivity contribution is -0.136. The molecule has 0 aliphatic carbocycles. The van der Waals surface area contributed by atoms with E-state index in [-0.39, 0.29) is 11.3 Å². The number of ether oxygens (including phenoxy) is 1. The van der Waals surface area contributed by atoms with Crippen molar-refractivity contribution in [2.75, 3.05) is 6.26 Å². The lowest BCUT2D eigenvalue weighted by Gasteiger charge is -2.17. The van der Waals surface area contributed by atoms with E-state index in [2.05, 4.69) is 0 Å². The number of rotatable bonds is 5. The smallest absolute Gasteiger partial charge is 0.307 e. The van der Waals surface area contributed by atoms with Gasteiger partial charge in [-0.2, -0.15) is 0 Å². The molecule has 7 heteroatoms. The zero-order valence-corrected chi connectivity index (χ0v) is 16.4. The molecule has 0 atom stereocenters. The van der Waals surface area contributed by atoms with Crippen LogP contribution >= 0.6 is 0 Å². The molecular weight excluding hydrogens is 383 g/mol. The SMILES string of the molecule is Cc1cc(S(C)(=O)=O)ccc1Oc1c(C)c(CC(=O)O)cc2ccc(F)cc12. The Labute approximate surface area is 162 Å². The first-order valence-electron chi connectivity index (χ1n) is 8.48. The molecule has 0 bridgehead atoms. The highest BCUT2D eigenvalue weighted by atomic mass is 32.2. The van der Waals surface area contributed by atoms with E-state index >= 15 is 0 Å². The Morgan fingerprint density at radius 3 is 2.43 bits per heavy atom. The first kappa shape index (κ1) is 19.8. The number of carbonyl (C=O) groups is 1. The Balaban J connectivity index is 2.17. The van der Waals surface area contributed by atoms with Crippen molar-refractivity contribution in [1.29, 1.82) is 0 Å². The highest BCUT2D eigenvalue weighted by Crippen LogP contribution is 2.37. The molecule has 3 aromatic carbocycles. The second-order valence-electron chi connectivity index (χ2n) is 6.73. The molecule has 0 unspecified atom stereocenters. The van der Waals surface area contributed by atoms with Crippen molar-refractivity contribution in [3.63, 3.8) is 0 Å². The molecule has 0 heterocycles. The Morgan fingerprint density at radius 1 is 1.11 bits per heavy atom. The summed E-state index contributed by atoms with van der Waals surface area (Å²) < 4.78 is 43.3. The van der Waals surface area contributed by atoms with Crippen molar-refractivity contribution in [2.45, 2.75) is 25.2 Å². The van der Waals surface area contributed by atoms with E-state index in [4.69, 9.17) is 4.74 Å². The minimum absolute atomic E-state index is 0.171. The van der Waals surface area contributed by atoms with Crippen molar-refractivity contribution < 1.29 is 27.4 Å². The predicted octanol–water partition coefficient (Wildman–Crippen LogP) is 4.42. The number of benzene rings is 3. The molecule has 0 aliphatic heterocycles. The van der Waals surface area contributed by atoms with Gasteiger partial charge in [0.15, 0.2) is 9.84 Å². The number of carboxylic acids is 1. The monoisotopic (exact) mass is 402 g/mol. The van der Waals surface area contributed by atoms with E-state index < -0.39 is 21.6 Å². The lowest BCUT2D eigenvalue weighted by Crippen LogP contribution is -2.04. The molecular formula is C21H19FO5S. The molecule has 0 aliphatic rings. The van der Waals surface area contributed by atoms with Gasteiger partial charge in [-0.1, -0.05) is 12.1 Å². The molecule has 0 saturated carbocycles. The van der Waals surface area contributed by atoms with Gasteiger partial charge in [-0.25, -0.2) is 12.8 Å². The average molecular weight is 402 g/mol. The van der Waals surface area contributed by atoms with E-state index in [1.54, 1.807) is 32.0 Å². The quantitative estimate of drug-likeness (QED) is 0.683. The molecule has 0 saturated heterocycles. The van der Waals surface area contributed by atoms with Crippen LogP contribution < -0.4 is 4.74 Å². The van der Waals surface area contributed by atoms with Crippen LogP contribution in [0, 0.1) is 19.7 Å². The van der Waals surface area contributed by atoms with Gasteiger partial charge in [0.25, 0.3) is 0 Å². The fourth-order valence-corrected chi connectivity index (χ4v) is 3.76. The summed E-state index contributed by atoms with van der Waals surface area (Å²) in [6, 6.07) is 10.4. The van der Waals surface area contributed by atoms with Crippen LogP contribution in [0.5, 0.6) is 11.5 Å². The van der Waals surface area contributed by atoms with Gasteiger partial charge in [0.1, 0.15) is 17.3 Å². The third-order valence-electron chi connectivity index (χ3n) is 4.54. The van der Waals surface area contributed by atoms with Gasteiger partial charge in [0, 0.05) is 11.6 Å². The Bertz CT molecular complexity index is 1200. The predicted molar refractivity (Wildman–Crippen MR) is 104 cm³/mol. The zero-order valence-electron chi connectivity index (χ0n) is 15.6. The number of aryl methyl sites for hydroxylation is 1. The van der Waals surface area contributed by atoms with Gasteiger partial charge in [-0.05, 0) is 66.3 Å². The first-order valence-corrected chi connectivity index (χ1v) is 10.4. The van der Waals surface area contributed by atoms with E-state index in [1.807, 2.05) is 0 Å². The molecule has 3 rings (SSSR count). The second kappa shape index (κ2) is 7.24. The summed E-state index contributed by atoms with van der Waals surface area (Å²) >= 11 is 0. The standard InChI is InChI=1S/C21H19FO5S/c1-12-8-17(28(3,25)26)6-7-19(12)27-21-13(2)15(10-20(23)24)9-14-4-5-16(22)11-18(14)21/h4-9,11H,10H2,1-3H3,(H,23,24). The summed E-state index contributed by atoms with van der Waals surface area (Å²) in [5.41, 5.74) is 1.75. The third-order valence-corrected chi connectivity index (χ3v) is 5.65. The van der Waals surface area contributed by atoms with Gasteiger partial charge in [-0.15, -0.1) is 0 Å². The summed E-state index contributed by atoms with van der Waals surface area (Å²) in [5, 5.41) is 10.3.